The van der Waals surface area contributed by atoms with Gasteiger partial charge in [-0.15, -0.1) is 0 Å². The van der Waals surface area contributed by atoms with E-state index in [4.69, 9.17) is 5.73 Å². The maximum Gasteiger partial charge on any atom is 0.0528 e. The highest BCUT2D eigenvalue weighted by Gasteiger charge is 2.03. The minimum absolute atomic E-state index is 0.788. The number of rotatable bonds is 2. The van der Waals surface area contributed by atoms with Gasteiger partial charge in [0.25, 0.3) is 0 Å². The number of nitrogen functional groups attached to an aromatic ring is 1. The van der Waals surface area contributed by atoms with Crippen molar-refractivity contribution < 1.29 is 0 Å². The summed E-state index contributed by atoms with van der Waals surface area (Å²) in [5.41, 5.74) is 11.0. The van der Waals surface area contributed by atoms with Crippen molar-refractivity contribution in [1.29, 1.82) is 0 Å². The molecule has 3 heteroatoms. The predicted octanol–water partition coefficient (Wildman–Crippen LogP) is 4.39. The SMILES string of the molecule is Cc1ccc(Nc2ccc(N)cc2C)c(Br)c1. The standard InChI is InChI=1S/C14H15BrN2/c1-9-3-5-14(12(15)7-9)17-13-6-4-11(16)8-10(13)2/h3-8,17H,16H2,1-2H3. The Morgan fingerprint density at radius 2 is 1.71 bits per heavy atom. The van der Waals surface area contributed by atoms with E-state index in [1.807, 2.05) is 25.1 Å². The lowest BCUT2D eigenvalue weighted by atomic mass is 10.1. The van der Waals surface area contributed by atoms with Crippen LogP contribution in [-0.2, 0) is 0 Å². The minimum atomic E-state index is 0.788. The summed E-state index contributed by atoms with van der Waals surface area (Å²) in [6.07, 6.45) is 0. The molecule has 2 rings (SSSR count). The quantitative estimate of drug-likeness (QED) is 0.805. The zero-order chi connectivity index (χ0) is 12.4. The minimum Gasteiger partial charge on any atom is -0.399 e. The molecule has 0 heterocycles. The van der Waals surface area contributed by atoms with Crippen LogP contribution in [0.4, 0.5) is 17.1 Å². The van der Waals surface area contributed by atoms with Crippen molar-refractivity contribution >= 4 is 33.0 Å². The van der Waals surface area contributed by atoms with E-state index >= 15 is 0 Å². The predicted molar refractivity (Wildman–Crippen MR) is 77.8 cm³/mol. The Morgan fingerprint density at radius 1 is 1.00 bits per heavy atom. The van der Waals surface area contributed by atoms with Crippen LogP contribution in [0.25, 0.3) is 0 Å². The molecule has 2 nitrogen and oxygen atoms in total. The summed E-state index contributed by atoms with van der Waals surface area (Å²) in [6.45, 7) is 4.11. The average Bonchev–Trinajstić information content (AvgIpc) is 2.25. The second-order valence-electron chi connectivity index (χ2n) is 4.18. The van der Waals surface area contributed by atoms with Crippen molar-refractivity contribution in [3.05, 3.63) is 52.0 Å². The molecule has 0 aliphatic heterocycles. The van der Waals surface area contributed by atoms with E-state index in [1.54, 1.807) is 0 Å². The first kappa shape index (κ1) is 12.0. The summed E-state index contributed by atoms with van der Waals surface area (Å²) in [5.74, 6) is 0. The third-order valence-electron chi connectivity index (χ3n) is 2.64. The molecule has 3 N–H and O–H groups in total. The molecule has 2 aromatic carbocycles. The largest absolute Gasteiger partial charge is 0.399 e. The van der Waals surface area contributed by atoms with Crippen molar-refractivity contribution in [3.8, 4) is 0 Å². The lowest BCUT2D eigenvalue weighted by Crippen LogP contribution is -1.95. The Bertz CT molecular complexity index is 500. The van der Waals surface area contributed by atoms with Gasteiger partial charge in [-0.25, -0.2) is 0 Å². The first-order valence-electron chi connectivity index (χ1n) is 5.45. The molecule has 0 saturated heterocycles. The van der Waals surface area contributed by atoms with Crippen molar-refractivity contribution in [2.24, 2.45) is 0 Å². The van der Waals surface area contributed by atoms with Gasteiger partial charge in [0, 0.05) is 15.8 Å². The zero-order valence-corrected chi connectivity index (χ0v) is 11.5. The number of nitrogens with one attached hydrogen (secondary N) is 1. The maximum atomic E-state index is 5.73. The van der Waals surface area contributed by atoms with Crippen LogP contribution in [0.3, 0.4) is 0 Å². The second kappa shape index (κ2) is 4.80. The van der Waals surface area contributed by atoms with Crippen molar-refractivity contribution in [2.75, 3.05) is 11.1 Å². The van der Waals surface area contributed by atoms with Gasteiger partial charge in [-0.05, 0) is 71.2 Å². The molecule has 0 aliphatic carbocycles. The molecule has 0 saturated carbocycles. The molecule has 0 radical (unpaired) electrons. The van der Waals surface area contributed by atoms with Gasteiger partial charge in [0.05, 0.1) is 5.69 Å². The Kier molecular flexibility index (Phi) is 3.38. The third kappa shape index (κ3) is 2.80. The Hall–Kier alpha value is -1.48. The summed E-state index contributed by atoms with van der Waals surface area (Å²) in [7, 11) is 0. The second-order valence-corrected chi connectivity index (χ2v) is 5.04. The van der Waals surface area contributed by atoms with Crippen LogP contribution in [0, 0.1) is 13.8 Å². The molecular weight excluding hydrogens is 276 g/mol. The summed E-state index contributed by atoms with van der Waals surface area (Å²) in [4.78, 5) is 0. The van der Waals surface area contributed by atoms with E-state index in [0.29, 0.717) is 0 Å². The molecule has 88 valence electrons. The van der Waals surface area contributed by atoms with E-state index in [0.717, 1.165) is 27.1 Å². The number of hydrogen-bond acceptors (Lipinski definition) is 2. The summed E-state index contributed by atoms with van der Waals surface area (Å²) in [5, 5.41) is 3.39. The van der Waals surface area contributed by atoms with Gasteiger partial charge in [-0.1, -0.05) is 6.07 Å². The molecule has 0 amide bonds. The van der Waals surface area contributed by atoms with E-state index in [1.165, 1.54) is 5.56 Å². The van der Waals surface area contributed by atoms with Gasteiger partial charge in [0.1, 0.15) is 0 Å². The fraction of sp³-hybridized carbons (Fsp3) is 0.143. The Morgan fingerprint density at radius 3 is 2.35 bits per heavy atom. The molecular formula is C14H15BrN2. The van der Waals surface area contributed by atoms with Crippen LogP contribution in [-0.4, -0.2) is 0 Å². The molecule has 2 aromatic rings. The van der Waals surface area contributed by atoms with Crippen LogP contribution in [0.2, 0.25) is 0 Å². The smallest absolute Gasteiger partial charge is 0.0528 e. The summed E-state index contributed by atoms with van der Waals surface area (Å²) < 4.78 is 1.06. The van der Waals surface area contributed by atoms with E-state index in [9.17, 15) is 0 Å². The van der Waals surface area contributed by atoms with E-state index < -0.39 is 0 Å². The zero-order valence-electron chi connectivity index (χ0n) is 9.92. The summed E-state index contributed by atoms with van der Waals surface area (Å²) >= 11 is 3.56. The fourth-order valence-corrected chi connectivity index (χ4v) is 2.29. The number of nitrogens with two attached hydrogens (primary N) is 1. The first-order chi connectivity index (χ1) is 8.06. The van der Waals surface area contributed by atoms with Gasteiger partial charge in [0.2, 0.25) is 0 Å². The van der Waals surface area contributed by atoms with Gasteiger partial charge >= 0.3 is 0 Å². The van der Waals surface area contributed by atoms with Crippen LogP contribution in [0.1, 0.15) is 11.1 Å². The molecule has 0 aromatic heterocycles. The fourth-order valence-electron chi connectivity index (χ4n) is 1.69. The van der Waals surface area contributed by atoms with Gasteiger partial charge in [-0.3, -0.25) is 0 Å². The van der Waals surface area contributed by atoms with Gasteiger partial charge in [0.15, 0.2) is 0 Å². The van der Waals surface area contributed by atoms with Crippen LogP contribution in [0.5, 0.6) is 0 Å². The van der Waals surface area contributed by atoms with E-state index in [2.05, 4.69) is 46.4 Å². The van der Waals surface area contributed by atoms with Crippen LogP contribution < -0.4 is 11.1 Å². The molecule has 0 atom stereocenters. The average molecular weight is 291 g/mol. The maximum absolute atomic E-state index is 5.73. The number of anilines is 3. The molecule has 0 aliphatic rings. The molecule has 0 spiro atoms. The van der Waals surface area contributed by atoms with Gasteiger partial charge in [-0.2, -0.15) is 0 Å². The van der Waals surface area contributed by atoms with Crippen molar-refractivity contribution in [3.63, 3.8) is 0 Å². The first-order valence-corrected chi connectivity index (χ1v) is 6.25. The Balaban J connectivity index is 2.31. The van der Waals surface area contributed by atoms with Crippen LogP contribution >= 0.6 is 15.9 Å². The number of halogens is 1. The van der Waals surface area contributed by atoms with Crippen molar-refractivity contribution in [2.45, 2.75) is 13.8 Å². The highest BCUT2D eigenvalue weighted by atomic mass is 79.9. The number of hydrogen-bond donors (Lipinski definition) is 2. The molecule has 0 bridgehead atoms. The van der Waals surface area contributed by atoms with Gasteiger partial charge < -0.3 is 11.1 Å². The monoisotopic (exact) mass is 290 g/mol. The topological polar surface area (TPSA) is 38.0 Å². The third-order valence-corrected chi connectivity index (χ3v) is 3.30. The van der Waals surface area contributed by atoms with Crippen molar-refractivity contribution in [1.82, 2.24) is 0 Å². The lowest BCUT2D eigenvalue weighted by Gasteiger charge is -2.12. The molecule has 0 fully saturated rings. The normalized spacial score (nSPS) is 10.3. The van der Waals surface area contributed by atoms with Crippen LogP contribution in [0.15, 0.2) is 40.9 Å². The Labute approximate surface area is 110 Å². The van der Waals surface area contributed by atoms with E-state index in [-0.39, 0.29) is 0 Å². The molecule has 17 heavy (non-hydrogen) atoms. The number of aryl methyl sites for hydroxylation is 2. The lowest BCUT2D eigenvalue weighted by molar-refractivity contribution is 1.40. The summed E-state index contributed by atoms with van der Waals surface area (Å²) in [6, 6.07) is 12.1. The highest BCUT2D eigenvalue weighted by Crippen LogP contribution is 2.28. The highest BCUT2D eigenvalue weighted by molar-refractivity contribution is 9.10. The molecule has 0 unspecified atom stereocenters. The number of benzene rings is 2.